The molecule has 2 fully saturated rings. The monoisotopic (exact) mass is 290 g/mol. The Kier molecular flexibility index (Phi) is 5.80. The Balaban J connectivity index is 1.67. The van der Waals surface area contributed by atoms with Gasteiger partial charge in [0.25, 0.3) is 0 Å². The minimum atomic E-state index is -3.96. The first-order valence-electron chi connectivity index (χ1n) is 8.54. The second-order valence-electron chi connectivity index (χ2n) is 7.12. The minimum absolute atomic E-state index is 0.333. The predicted octanol–water partition coefficient (Wildman–Crippen LogP) is 6.35. The van der Waals surface area contributed by atoms with Gasteiger partial charge in [-0.25, -0.2) is 0 Å². The van der Waals surface area contributed by atoms with Gasteiger partial charge in [0.2, 0.25) is 0 Å². The van der Waals surface area contributed by atoms with Crippen LogP contribution in [0.4, 0.5) is 13.2 Å². The van der Waals surface area contributed by atoms with Crippen molar-refractivity contribution < 1.29 is 13.2 Å². The van der Waals surface area contributed by atoms with Gasteiger partial charge >= 0.3 is 6.18 Å². The average molecular weight is 290 g/mol. The molecule has 0 amide bonds. The molecule has 2 aliphatic carbocycles. The van der Waals surface area contributed by atoms with Crippen molar-refractivity contribution in [3.8, 4) is 0 Å². The van der Waals surface area contributed by atoms with Gasteiger partial charge in [-0.15, -0.1) is 0 Å². The first kappa shape index (κ1) is 16.2. The van der Waals surface area contributed by atoms with Crippen LogP contribution in [0.15, 0.2) is 0 Å². The van der Waals surface area contributed by atoms with Crippen LogP contribution >= 0.6 is 0 Å². The second kappa shape index (κ2) is 7.17. The minimum Gasteiger partial charge on any atom is -0.171 e. The summed E-state index contributed by atoms with van der Waals surface area (Å²) in [6.45, 7) is 2.29. The summed E-state index contributed by atoms with van der Waals surface area (Å²) in [7, 11) is 0. The molecule has 0 aliphatic heterocycles. The van der Waals surface area contributed by atoms with E-state index in [0.29, 0.717) is 12.3 Å². The largest absolute Gasteiger partial charge is 0.389 e. The average Bonchev–Trinajstić information content (AvgIpc) is 2.45. The Morgan fingerprint density at radius 3 is 1.60 bits per heavy atom. The molecule has 0 heterocycles. The lowest BCUT2D eigenvalue weighted by molar-refractivity contribution is -0.138. The van der Waals surface area contributed by atoms with Gasteiger partial charge in [-0.3, -0.25) is 0 Å². The zero-order valence-corrected chi connectivity index (χ0v) is 12.7. The summed E-state index contributed by atoms with van der Waals surface area (Å²) in [6, 6.07) is 0. The van der Waals surface area contributed by atoms with Crippen molar-refractivity contribution in [3.05, 3.63) is 0 Å². The van der Waals surface area contributed by atoms with Gasteiger partial charge in [0.05, 0.1) is 0 Å². The molecule has 2 aliphatic rings. The number of halogens is 3. The summed E-state index contributed by atoms with van der Waals surface area (Å²) in [5.41, 5.74) is 0. The van der Waals surface area contributed by atoms with Gasteiger partial charge in [0.1, 0.15) is 0 Å². The molecule has 3 heteroatoms. The number of alkyl halides is 3. The van der Waals surface area contributed by atoms with E-state index >= 15 is 0 Å². The Labute approximate surface area is 121 Å². The molecule has 0 aromatic heterocycles. The van der Waals surface area contributed by atoms with Crippen molar-refractivity contribution in [2.24, 2.45) is 23.7 Å². The third-order valence-corrected chi connectivity index (χ3v) is 5.86. The fourth-order valence-electron chi connectivity index (χ4n) is 4.38. The van der Waals surface area contributed by atoms with E-state index in [2.05, 4.69) is 6.92 Å². The highest BCUT2D eigenvalue weighted by Gasteiger charge is 2.33. The molecule has 118 valence electrons. The summed E-state index contributed by atoms with van der Waals surface area (Å²) in [5, 5.41) is 0. The molecule has 0 spiro atoms. The fraction of sp³-hybridized carbons (Fsp3) is 1.00. The van der Waals surface area contributed by atoms with E-state index in [4.69, 9.17) is 0 Å². The molecule has 0 atom stereocenters. The highest BCUT2D eigenvalue weighted by Crippen LogP contribution is 2.43. The zero-order valence-electron chi connectivity index (χ0n) is 12.7. The molecule has 2 rings (SSSR count). The molecule has 0 unspecified atom stereocenters. The van der Waals surface area contributed by atoms with E-state index in [1.54, 1.807) is 0 Å². The lowest BCUT2D eigenvalue weighted by atomic mass is 9.68. The Morgan fingerprint density at radius 1 is 0.750 bits per heavy atom. The molecule has 0 aromatic rings. The molecule has 0 radical (unpaired) electrons. The summed E-state index contributed by atoms with van der Waals surface area (Å²) in [4.78, 5) is 0. The maximum absolute atomic E-state index is 12.2. The summed E-state index contributed by atoms with van der Waals surface area (Å²) >= 11 is 0. The molecule has 20 heavy (non-hydrogen) atoms. The Hall–Kier alpha value is -0.210. The summed E-state index contributed by atoms with van der Waals surface area (Å²) in [5.74, 6) is 2.96. The van der Waals surface area contributed by atoms with Crippen molar-refractivity contribution in [3.63, 3.8) is 0 Å². The predicted molar refractivity (Wildman–Crippen MR) is 76.5 cm³/mol. The smallest absolute Gasteiger partial charge is 0.171 e. The third-order valence-electron chi connectivity index (χ3n) is 5.86. The Bertz CT molecular complexity index is 268. The van der Waals surface area contributed by atoms with Crippen molar-refractivity contribution in [2.75, 3.05) is 0 Å². The zero-order chi connectivity index (χ0) is 14.6. The number of hydrogen-bond donors (Lipinski definition) is 0. The highest BCUT2D eigenvalue weighted by molar-refractivity contribution is 4.82. The van der Waals surface area contributed by atoms with Gasteiger partial charge in [-0.05, 0) is 55.8 Å². The summed E-state index contributed by atoms with van der Waals surface area (Å²) < 4.78 is 36.7. The van der Waals surface area contributed by atoms with Crippen LogP contribution in [-0.2, 0) is 0 Å². The lowest BCUT2D eigenvalue weighted by Gasteiger charge is -2.37. The van der Waals surface area contributed by atoms with E-state index in [-0.39, 0.29) is 0 Å². The maximum Gasteiger partial charge on any atom is 0.389 e. The van der Waals surface area contributed by atoms with Crippen molar-refractivity contribution in [2.45, 2.75) is 83.7 Å². The van der Waals surface area contributed by atoms with Crippen LogP contribution in [0.1, 0.15) is 77.6 Å². The highest BCUT2D eigenvalue weighted by atomic mass is 19.4. The van der Waals surface area contributed by atoms with Crippen LogP contribution in [0.3, 0.4) is 0 Å². The van der Waals surface area contributed by atoms with Crippen molar-refractivity contribution in [1.29, 1.82) is 0 Å². The fourth-order valence-corrected chi connectivity index (χ4v) is 4.38. The van der Waals surface area contributed by atoms with E-state index < -0.39 is 12.6 Å². The molecule has 0 bridgehead atoms. The third kappa shape index (κ3) is 4.96. The standard InChI is InChI=1S/C17H29F3/c1-2-13-3-7-15(8-4-13)16-9-5-14(6-10-16)11-12-17(18,19)20/h13-16H,2-12H2,1H3/t13-,14-,15-,16-. The Morgan fingerprint density at radius 2 is 1.20 bits per heavy atom. The molecule has 0 aromatic carbocycles. The molecule has 2 saturated carbocycles. The lowest BCUT2D eigenvalue weighted by Crippen LogP contribution is -2.26. The van der Waals surface area contributed by atoms with Gasteiger partial charge in [-0.1, -0.05) is 39.0 Å². The van der Waals surface area contributed by atoms with E-state index in [9.17, 15) is 13.2 Å². The quantitative estimate of drug-likeness (QED) is 0.565. The number of hydrogen-bond acceptors (Lipinski definition) is 0. The molecule has 0 saturated heterocycles. The van der Waals surface area contributed by atoms with E-state index in [1.807, 2.05) is 0 Å². The SMILES string of the molecule is CC[C@H]1CC[C@H]([C@H]2CC[C@H](CCC(F)(F)F)CC2)CC1. The number of rotatable bonds is 4. The van der Waals surface area contributed by atoms with Crippen molar-refractivity contribution >= 4 is 0 Å². The van der Waals surface area contributed by atoms with Crippen LogP contribution in [0.25, 0.3) is 0 Å². The topological polar surface area (TPSA) is 0 Å². The van der Waals surface area contributed by atoms with Gasteiger partial charge in [0.15, 0.2) is 0 Å². The molecular weight excluding hydrogens is 261 g/mol. The van der Waals surface area contributed by atoms with Gasteiger partial charge < -0.3 is 0 Å². The first-order chi connectivity index (χ1) is 9.48. The van der Waals surface area contributed by atoms with Gasteiger partial charge in [-0.2, -0.15) is 13.2 Å². The van der Waals surface area contributed by atoms with Crippen molar-refractivity contribution in [1.82, 2.24) is 0 Å². The normalized spacial score (nSPS) is 36.0. The van der Waals surface area contributed by atoms with Gasteiger partial charge in [0, 0.05) is 6.42 Å². The molecular formula is C17H29F3. The summed E-state index contributed by atoms with van der Waals surface area (Å²) in [6.07, 6.45) is 7.09. The van der Waals surface area contributed by atoms with E-state index in [0.717, 1.165) is 30.6 Å². The van der Waals surface area contributed by atoms with Crippen LogP contribution in [0, 0.1) is 23.7 Å². The van der Waals surface area contributed by atoms with Crippen LogP contribution in [0.5, 0.6) is 0 Å². The first-order valence-corrected chi connectivity index (χ1v) is 8.54. The van der Waals surface area contributed by atoms with E-state index in [1.165, 1.54) is 44.9 Å². The molecule has 0 nitrogen and oxygen atoms in total. The second-order valence-corrected chi connectivity index (χ2v) is 7.12. The van der Waals surface area contributed by atoms with Crippen LogP contribution < -0.4 is 0 Å². The molecule has 0 N–H and O–H groups in total. The maximum atomic E-state index is 12.2. The van der Waals surface area contributed by atoms with Crippen LogP contribution in [-0.4, -0.2) is 6.18 Å². The van der Waals surface area contributed by atoms with Crippen LogP contribution in [0.2, 0.25) is 0 Å².